The third kappa shape index (κ3) is 4.12. The van der Waals surface area contributed by atoms with Crippen LogP contribution in [0.3, 0.4) is 0 Å². The number of carbonyl (C=O) groups excluding carboxylic acids is 4. The van der Waals surface area contributed by atoms with Crippen molar-refractivity contribution < 1.29 is 23.6 Å². The molecule has 4 amide bonds. The molecule has 0 spiro atoms. The second-order valence-electron chi connectivity index (χ2n) is 9.87. The molecule has 0 saturated carbocycles. The van der Waals surface area contributed by atoms with E-state index in [0.717, 1.165) is 29.7 Å². The molecule has 0 radical (unpaired) electrons. The number of nitrogens with zero attached hydrogens (tertiary/aromatic N) is 3. The molecule has 0 bridgehead atoms. The van der Waals surface area contributed by atoms with Gasteiger partial charge in [0.15, 0.2) is 5.78 Å². The number of urea groups is 1. The van der Waals surface area contributed by atoms with Crippen LogP contribution in [0.2, 0.25) is 0 Å². The van der Waals surface area contributed by atoms with Crippen LogP contribution in [0.4, 0.5) is 14.9 Å². The van der Waals surface area contributed by atoms with Crippen LogP contribution in [0.25, 0.3) is 0 Å². The van der Waals surface area contributed by atoms with Crippen LogP contribution in [-0.4, -0.2) is 66.2 Å². The molecule has 2 aromatic rings. The first-order valence-electron chi connectivity index (χ1n) is 12.3. The molecule has 2 saturated heterocycles. The number of Topliss-reactive ketones (excluding diaryl/α,β-unsaturated/α-hetero) is 1. The molecule has 3 aliphatic rings. The number of aryl methyl sites for hydroxylation is 2. The summed E-state index contributed by atoms with van der Waals surface area (Å²) in [6, 6.07) is 9.71. The van der Waals surface area contributed by atoms with Gasteiger partial charge in [0.1, 0.15) is 17.9 Å². The van der Waals surface area contributed by atoms with E-state index < -0.39 is 23.3 Å². The molecule has 1 N–H and O–H groups in total. The van der Waals surface area contributed by atoms with Crippen molar-refractivity contribution in [1.82, 2.24) is 15.1 Å². The number of nitrogens with one attached hydrogen (secondary N) is 1. The largest absolute Gasteiger partial charge is 0.366 e. The van der Waals surface area contributed by atoms with E-state index in [1.54, 1.807) is 24.0 Å². The van der Waals surface area contributed by atoms with Gasteiger partial charge in [0.2, 0.25) is 5.91 Å². The SMILES string of the molecule is CC(=O)c1ccc(N2CCN(C(=O)CN3C(=O)NC(C)(c4ccc5c(c4)CCC5)C3=O)CC2)c(F)c1. The molecule has 2 heterocycles. The number of rotatable bonds is 5. The van der Waals surface area contributed by atoms with Crippen LogP contribution in [0, 0.1) is 5.82 Å². The summed E-state index contributed by atoms with van der Waals surface area (Å²) >= 11 is 0. The molecule has 9 heteroatoms. The zero-order valence-corrected chi connectivity index (χ0v) is 20.5. The number of anilines is 1. The van der Waals surface area contributed by atoms with Gasteiger partial charge in [-0.1, -0.05) is 18.2 Å². The van der Waals surface area contributed by atoms with Crippen LogP contribution in [-0.2, 0) is 28.0 Å². The molecule has 8 nitrogen and oxygen atoms in total. The minimum Gasteiger partial charge on any atom is -0.366 e. The number of halogens is 1. The topological polar surface area (TPSA) is 90.0 Å². The van der Waals surface area contributed by atoms with Crippen molar-refractivity contribution in [2.24, 2.45) is 0 Å². The molecule has 1 unspecified atom stereocenters. The highest BCUT2D eigenvalue weighted by molar-refractivity contribution is 6.09. The fourth-order valence-electron chi connectivity index (χ4n) is 5.33. The Kier molecular flexibility index (Phi) is 6.02. The molecule has 1 atom stereocenters. The summed E-state index contributed by atoms with van der Waals surface area (Å²) in [4.78, 5) is 54.9. The van der Waals surface area contributed by atoms with Crippen molar-refractivity contribution in [1.29, 1.82) is 0 Å². The van der Waals surface area contributed by atoms with Crippen LogP contribution < -0.4 is 10.2 Å². The van der Waals surface area contributed by atoms with Gasteiger partial charge in [0, 0.05) is 31.7 Å². The molecule has 36 heavy (non-hydrogen) atoms. The number of piperazine rings is 1. The first-order valence-corrected chi connectivity index (χ1v) is 12.3. The number of imide groups is 1. The molecule has 2 fully saturated rings. The Labute approximate surface area is 209 Å². The van der Waals surface area contributed by atoms with E-state index in [4.69, 9.17) is 0 Å². The molecule has 0 aromatic heterocycles. The molecule has 2 aromatic carbocycles. The summed E-state index contributed by atoms with van der Waals surface area (Å²) in [5.41, 5.74) is 2.69. The minimum atomic E-state index is -1.21. The predicted molar refractivity (Wildman–Crippen MR) is 131 cm³/mol. The third-order valence-corrected chi connectivity index (χ3v) is 7.57. The summed E-state index contributed by atoms with van der Waals surface area (Å²) in [5.74, 6) is -1.45. The van der Waals surface area contributed by atoms with Gasteiger partial charge in [-0.05, 0) is 68.0 Å². The third-order valence-electron chi connectivity index (χ3n) is 7.57. The summed E-state index contributed by atoms with van der Waals surface area (Å²) in [7, 11) is 0. The lowest BCUT2D eigenvalue weighted by atomic mass is 9.89. The standard InChI is InChI=1S/C27H29FN4O4/c1-17(33)19-7-9-23(22(28)15-19)30-10-12-31(13-11-30)24(34)16-32-25(35)27(2,29-26(32)36)21-8-6-18-4-3-5-20(18)14-21/h6-9,14-15H,3-5,10-13,16H2,1-2H3,(H,29,36). The van der Waals surface area contributed by atoms with E-state index in [1.165, 1.54) is 24.1 Å². The lowest BCUT2D eigenvalue weighted by Gasteiger charge is -2.36. The molecular weight excluding hydrogens is 463 g/mol. The van der Waals surface area contributed by atoms with Crippen LogP contribution >= 0.6 is 0 Å². The fourth-order valence-corrected chi connectivity index (χ4v) is 5.33. The maximum absolute atomic E-state index is 14.5. The molecule has 188 valence electrons. The number of benzene rings is 2. The Morgan fingerprint density at radius 3 is 2.42 bits per heavy atom. The fraction of sp³-hybridized carbons (Fsp3) is 0.407. The first kappa shape index (κ1) is 24.0. The average Bonchev–Trinajstić information content (AvgIpc) is 3.42. The van der Waals surface area contributed by atoms with Crippen molar-refractivity contribution in [3.63, 3.8) is 0 Å². The number of amides is 4. The average molecular weight is 493 g/mol. The van der Waals surface area contributed by atoms with Crippen molar-refractivity contribution in [3.05, 3.63) is 64.5 Å². The van der Waals surface area contributed by atoms with Gasteiger partial charge in [0.25, 0.3) is 5.91 Å². The Hall–Kier alpha value is -3.75. The minimum absolute atomic E-state index is 0.205. The Balaban J connectivity index is 1.22. The summed E-state index contributed by atoms with van der Waals surface area (Å²) in [6.07, 6.45) is 3.07. The van der Waals surface area contributed by atoms with Crippen LogP contribution in [0.5, 0.6) is 0 Å². The van der Waals surface area contributed by atoms with E-state index in [1.807, 2.05) is 23.1 Å². The second-order valence-corrected chi connectivity index (χ2v) is 9.87. The normalized spacial score (nSPS) is 21.6. The highest BCUT2D eigenvalue weighted by Gasteiger charge is 2.50. The van der Waals surface area contributed by atoms with Crippen LogP contribution in [0.15, 0.2) is 36.4 Å². The number of fused-ring (bicyclic) bond motifs is 1. The molecule has 1 aliphatic carbocycles. The Morgan fingerprint density at radius 1 is 1.00 bits per heavy atom. The van der Waals surface area contributed by atoms with Crippen molar-refractivity contribution in [3.8, 4) is 0 Å². The smallest absolute Gasteiger partial charge is 0.325 e. The zero-order chi connectivity index (χ0) is 25.6. The van der Waals surface area contributed by atoms with Gasteiger partial charge < -0.3 is 15.1 Å². The van der Waals surface area contributed by atoms with Gasteiger partial charge in [-0.2, -0.15) is 0 Å². The first-order chi connectivity index (χ1) is 17.2. The molecular formula is C27H29FN4O4. The molecule has 5 rings (SSSR count). The van der Waals surface area contributed by atoms with E-state index in [0.29, 0.717) is 37.4 Å². The van der Waals surface area contributed by atoms with Crippen LogP contribution in [0.1, 0.15) is 47.3 Å². The lowest BCUT2D eigenvalue weighted by Crippen LogP contribution is -2.52. The lowest BCUT2D eigenvalue weighted by molar-refractivity contribution is -0.139. The number of hydrogen-bond acceptors (Lipinski definition) is 5. The zero-order valence-electron chi connectivity index (χ0n) is 20.5. The van der Waals surface area contributed by atoms with E-state index in [-0.39, 0.29) is 18.2 Å². The molecule has 2 aliphatic heterocycles. The number of carbonyl (C=O) groups is 4. The highest BCUT2D eigenvalue weighted by atomic mass is 19.1. The van der Waals surface area contributed by atoms with Crippen molar-refractivity contribution in [2.75, 3.05) is 37.6 Å². The predicted octanol–water partition coefficient (Wildman–Crippen LogP) is 2.63. The van der Waals surface area contributed by atoms with Crippen molar-refractivity contribution in [2.45, 2.75) is 38.6 Å². The van der Waals surface area contributed by atoms with Gasteiger partial charge in [-0.15, -0.1) is 0 Å². The quantitative estimate of drug-likeness (QED) is 0.512. The van der Waals surface area contributed by atoms with Gasteiger partial charge in [-0.25, -0.2) is 9.18 Å². The van der Waals surface area contributed by atoms with E-state index in [9.17, 15) is 23.6 Å². The van der Waals surface area contributed by atoms with Crippen molar-refractivity contribution >= 4 is 29.3 Å². The number of hydrogen-bond donors (Lipinski definition) is 1. The van der Waals surface area contributed by atoms with E-state index >= 15 is 0 Å². The Morgan fingerprint density at radius 2 is 1.72 bits per heavy atom. The second kappa shape index (κ2) is 9.04. The van der Waals surface area contributed by atoms with Gasteiger partial charge in [0.05, 0.1) is 5.69 Å². The summed E-state index contributed by atoms with van der Waals surface area (Å²) in [6.45, 7) is 4.19. The monoisotopic (exact) mass is 492 g/mol. The number of ketones is 1. The Bertz CT molecular complexity index is 1270. The maximum Gasteiger partial charge on any atom is 0.325 e. The maximum atomic E-state index is 14.5. The summed E-state index contributed by atoms with van der Waals surface area (Å²) < 4.78 is 14.5. The highest BCUT2D eigenvalue weighted by Crippen LogP contribution is 2.32. The van der Waals surface area contributed by atoms with Gasteiger partial charge in [-0.3, -0.25) is 19.3 Å². The summed E-state index contributed by atoms with van der Waals surface area (Å²) in [5, 5.41) is 2.79. The van der Waals surface area contributed by atoms with E-state index in [2.05, 4.69) is 5.32 Å². The van der Waals surface area contributed by atoms with Gasteiger partial charge >= 0.3 is 6.03 Å².